The molecular weight excluding hydrogens is 503 g/mol. The molecule has 1 aliphatic rings. The summed E-state index contributed by atoms with van der Waals surface area (Å²) in [7, 11) is 2.40. The molecule has 192 valence electrons. The average molecular weight is 533 g/mol. The molecule has 0 spiro atoms. The summed E-state index contributed by atoms with van der Waals surface area (Å²) in [5.74, 6) is 1.16. The molecule has 2 heterocycles. The minimum absolute atomic E-state index is 0.270. The topological polar surface area (TPSA) is 82.6 Å². The fourth-order valence-electron chi connectivity index (χ4n) is 3.99. The van der Waals surface area contributed by atoms with Crippen molar-refractivity contribution in [3.8, 4) is 5.75 Å². The van der Waals surface area contributed by atoms with E-state index in [2.05, 4.69) is 43.5 Å². The maximum Gasteiger partial charge on any atom is 0.229 e. The molecule has 0 saturated carbocycles. The van der Waals surface area contributed by atoms with Crippen LogP contribution in [-0.4, -0.2) is 65.2 Å². The van der Waals surface area contributed by atoms with Crippen molar-refractivity contribution in [3.63, 3.8) is 0 Å². The third-order valence-electron chi connectivity index (χ3n) is 5.96. The predicted octanol–water partition coefficient (Wildman–Crippen LogP) is 5.03. The zero-order chi connectivity index (χ0) is 25.7. The van der Waals surface area contributed by atoms with E-state index in [9.17, 15) is 8.60 Å². The minimum Gasteiger partial charge on any atom is -0.494 e. The summed E-state index contributed by atoms with van der Waals surface area (Å²) in [4.78, 5) is 13.8. The van der Waals surface area contributed by atoms with Gasteiger partial charge in [0.15, 0.2) is 5.82 Å². The largest absolute Gasteiger partial charge is 0.494 e. The molecule has 1 saturated heterocycles. The Morgan fingerprint density at radius 2 is 1.92 bits per heavy atom. The second kappa shape index (κ2) is 11.9. The Bertz CT molecular complexity index is 1250. The lowest BCUT2D eigenvalue weighted by molar-refractivity contribution is 0.360. The maximum atomic E-state index is 13.8. The van der Waals surface area contributed by atoms with Gasteiger partial charge < -0.3 is 25.2 Å². The Hall–Kier alpha value is -2.95. The molecule has 1 aromatic heterocycles. The van der Waals surface area contributed by atoms with Crippen molar-refractivity contribution in [2.24, 2.45) is 0 Å². The Morgan fingerprint density at radius 1 is 1.11 bits per heavy atom. The predicted molar refractivity (Wildman–Crippen MR) is 144 cm³/mol. The van der Waals surface area contributed by atoms with E-state index in [-0.39, 0.29) is 5.02 Å². The number of nitrogens with one attached hydrogen (secondary N) is 2. The lowest BCUT2D eigenvalue weighted by atomic mass is 10.2. The molecule has 0 amide bonds. The van der Waals surface area contributed by atoms with Crippen LogP contribution in [-0.2, 0) is 10.8 Å². The first kappa shape index (κ1) is 26.1. The van der Waals surface area contributed by atoms with Gasteiger partial charge in [-0.1, -0.05) is 18.5 Å². The fraction of sp³-hybridized carbons (Fsp3) is 0.360. The standard InChI is InChI=1S/C25H30ClFN6O2S/c1-4-36(34)23-14-17(27)6-8-21(23)29-24-19(26)16-28-25(31-24)30-20-9-7-18(15-22(20)35-3)33-11-5-10-32(2)12-13-33/h6-9,14-16H,4-5,10-13H2,1-3H3,(H2,28,29,30,31). The third-order valence-corrected chi connectivity index (χ3v) is 7.59. The zero-order valence-electron chi connectivity index (χ0n) is 20.6. The van der Waals surface area contributed by atoms with E-state index in [1.165, 1.54) is 24.4 Å². The highest BCUT2D eigenvalue weighted by molar-refractivity contribution is 7.85. The molecule has 3 aromatic rings. The van der Waals surface area contributed by atoms with Gasteiger partial charge in [-0.05, 0) is 50.3 Å². The van der Waals surface area contributed by atoms with Gasteiger partial charge in [0, 0.05) is 37.1 Å². The number of likely N-dealkylation sites (N-methyl/N-ethyl adjacent to an activating group) is 1. The van der Waals surface area contributed by atoms with Crippen LogP contribution < -0.4 is 20.3 Å². The fourth-order valence-corrected chi connectivity index (χ4v) is 5.05. The van der Waals surface area contributed by atoms with Gasteiger partial charge in [0.1, 0.15) is 16.6 Å². The van der Waals surface area contributed by atoms with Crippen molar-refractivity contribution in [2.45, 2.75) is 18.2 Å². The molecule has 1 aliphatic heterocycles. The molecule has 8 nitrogen and oxygen atoms in total. The second-order valence-corrected chi connectivity index (χ2v) is 10.6. The summed E-state index contributed by atoms with van der Waals surface area (Å²) in [5.41, 5.74) is 2.27. The van der Waals surface area contributed by atoms with Gasteiger partial charge in [-0.25, -0.2) is 9.37 Å². The highest BCUT2D eigenvalue weighted by Crippen LogP contribution is 2.33. The van der Waals surface area contributed by atoms with Gasteiger partial charge in [-0.3, -0.25) is 4.21 Å². The van der Waals surface area contributed by atoms with Crippen LogP contribution in [0.5, 0.6) is 5.75 Å². The van der Waals surface area contributed by atoms with Crippen molar-refractivity contribution in [1.29, 1.82) is 0 Å². The van der Waals surface area contributed by atoms with Crippen molar-refractivity contribution >= 4 is 51.2 Å². The highest BCUT2D eigenvalue weighted by atomic mass is 35.5. The van der Waals surface area contributed by atoms with E-state index in [1.54, 1.807) is 14.0 Å². The Labute approximate surface area is 218 Å². The first-order valence-electron chi connectivity index (χ1n) is 11.7. The number of halogens is 2. The molecule has 1 atom stereocenters. The molecule has 4 rings (SSSR count). The monoisotopic (exact) mass is 532 g/mol. The van der Waals surface area contributed by atoms with Crippen molar-refractivity contribution < 1.29 is 13.3 Å². The summed E-state index contributed by atoms with van der Waals surface area (Å²) in [5, 5.41) is 6.54. The van der Waals surface area contributed by atoms with Crippen LogP contribution in [0.25, 0.3) is 0 Å². The average Bonchev–Trinajstić information content (AvgIpc) is 3.11. The molecule has 2 aromatic carbocycles. The number of hydrogen-bond donors (Lipinski definition) is 2. The van der Waals surface area contributed by atoms with E-state index in [4.69, 9.17) is 16.3 Å². The summed E-state index contributed by atoms with van der Waals surface area (Å²) in [6, 6.07) is 10.1. The number of aromatic nitrogens is 2. The maximum absolute atomic E-state index is 13.8. The normalized spacial score (nSPS) is 15.3. The summed E-state index contributed by atoms with van der Waals surface area (Å²) in [6.45, 7) is 5.82. The van der Waals surface area contributed by atoms with Crippen LogP contribution >= 0.6 is 11.6 Å². The van der Waals surface area contributed by atoms with Crippen LogP contribution in [0.4, 0.5) is 33.2 Å². The second-order valence-electron chi connectivity index (χ2n) is 8.44. The molecule has 0 aliphatic carbocycles. The molecular formula is C25H30ClFN6O2S. The molecule has 0 radical (unpaired) electrons. The van der Waals surface area contributed by atoms with Crippen LogP contribution in [0.15, 0.2) is 47.5 Å². The first-order valence-corrected chi connectivity index (χ1v) is 13.4. The van der Waals surface area contributed by atoms with Gasteiger partial charge in [-0.15, -0.1) is 0 Å². The number of rotatable bonds is 8. The van der Waals surface area contributed by atoms with Gasteiger partial charge in [0.2, 0.25) is 5.95 Å². The quantitative estimate of drug-likeness (QED) is 0.418. The molecule has 1 fully saturated rings. The van der Waals surface area contributed by atoms with Crippen LogP contribution in [0, 0.1) is 5.82 Å². The van der Waals surface area contributed by atoms with Crippen LogP contribution in [0.3, 0.4) is 0 Å². The SMILES string of the molecule is CCS(=O)c1cc(F)ccc1Nc1nc(Nc2ccc(N3CCCN(C)CC3)cc2OC)ncc1Cl. The van der Waals surface area contributed by atoms with Gasteiger partial charge in [-0.2, -0.15) is 4.98 Å². The number of nitrogens with zero attached hydrogens (tertiary/aromatic N) is 4. The lowest BCUT2D eigenvalue weighted by Gasteiger charge is -2.24. The molecule has 36 heavy (non-hydrogen) atoms. The summed E-state index contributed by atoms with van der Waals surface area (Å²) < 4.78 is 31.9. The molecule has 2 N–H and O–H groups in total. The van der Waals surface area contributed by atoms with Crippen LogP contribution in [0.2, 0.25) is 5.02 Å². The zero-order valence-corrected chi connectivity index (χ0v) is 22.1. The number of hydrogen-bond acceptors (Lipinski definition) is 8. The van der Waals surface area contributed by atoms with Crippen molar-refractivity contribution in [2.75, 3.05) is 61.6 Å². The third kappa shape index (κ3) is 6.24. The van der Waals surface area contributed by atoms with Crippen molar-refractivity contribution in [1.82, 2.24) is 14.9 Å². The Morgan fingerprint density at radius 3 is 2.69 bits per heavy atom. The van der Waals surface area contributed by atoms with Gasteiger partial charge >= 0.3 is 0 Å². The van der Waals surface area contributed by atoms with Crippen LogP contribution in [0.1, 0.15) is 13.3 Å². The summed E-state index contributed by atoms with van der Waals surface area (Å²) in [6.07, 6.45) is 2.57. The van der Waals surface area contributed by atoms with E-state index in [1.807, 2.05) is 12.1 Å². The first-order chi connectivity index (χ1) is 17.4. The van der Waals surface area contributed by atoms with Crippen molar-refractivity contribution in [3.05, 3.63) is 53.4 Å². The van der Waals surface area contributed by atoms with E-state index >= 15 is 0 Å². The Balaban J connectivity index is 1.56. The number of methoxy groups -OCH3 is 1. The molecule has 0 bridgehead atoms. The van der Waals surface area contributed by atoms with E-state index in [0.717, 1.165) is 38.3 Å². The molecule has 11 heteroatoms. The van der Waals surface area contributed by atoms with Gasteiger partial charge in [0.25, 0.3) is 0 Å². The number of ether oxygens (including phenoxy) is 1. The Kier molecular flexibility index (Phi) is 8.60. The highest BCUT2D eigenvalue weighted by Gasteiger charge is 2.17. The van der Waals surface area contributed by atoms with Gasteiger partial charge in [0.05, 0.1) is 40.4 Å². The number of anilines is 5. The smallest absolute Gasteiger partial charge is 0.229 e. The lowest BCUT2D eigenvalue weighted by Crippen LogP contribution is -2.28. The number of benzene rings is 2. The minimum atomic E-state index is -1.37. The summed E-state index contributed by atoms with van der Waals surface area (Å²) >= 11 is 6.34. The van der Waals surface area contributed by atoms with E-state index in [0.29, 0.717) is 39.5 Å². The van der Waals surface area contributed by atoms with E-state index < -0.39 is 16.6 Å². The molecule has 1 unspecified atom stereocenters.